The van der Waals surface area contributed by atoms with E-state index in [4.69, 9.17) is 11.6 Å². The summed E-state index contributed by atoms with van der Waals surface area (Å²) >= 11 is 7.51. The fourth-order valence-corrected chi connectivity index (χ4v) is 1.37. The van der Waals surface area contributed by atoms with E-state index < -0.39 is 0 Å². The standard InChI is InChI=1S/C8H7ClINO/c9-5-8(12)11-7-3-1-2-6(10)4-7/h1-4H,5H2,(H,11,12). The summed E-state index contributed by atoms with van der Waals surface area (Å²) in [6.07, 6.45) is 0. The number of halogens is 2. The number of carbonyl (C=O) groups is 1. The predicted molar refractivity (Wildman–Crippen MR) is 58.5 cm³/mol. The van der Waals surface area contributed by atoms with Crippen molar-refractivity contribution in [2.75, 3.05) is 11.2 Å². The summed E-state index contributed by atoms with van der Waals surface area (Å²) in [5, 5.41) is 2.66. The van der Waals surface area contributed by atoms with Gasteiger partial charge in [-0.25, -0.2) is 0 Å². The van der Waals surface area contributed by atoms with E-state index in [0.29, 0.717) is 0 Å². The molecule has 1 N–H and O–H groups in total. The average Bonchev–Trinajstić information content (AvgIpc) is 2.04. The summed E-state index contributed by atoms with van der Waals surface area (Å²) in [5.74, 6) is -0.190. The maximum absolute atomic E-state index is 10.8. The molecule has 4 heteroatoms. The van der Waals surface area contributed by atoms with Gasteiger partial charge in [0.25, 0.3) is 0 Å². The van der Waals surface area contributed by atoms with E-state index in [1.165, 1.54) is 0 Å². The van der Waals surface area contributed by atoms with Crippen molar-refractivity contribution >= 4 is 45.8 Å². The second-order valence-corrected chi connectivity index (χ2v) is 3.71. The van der Waals surface area contributed by atoms with Gasteiger partial charge in [0.1, 0.15) is 5.88 Å². The first-order valence-corrected chi connectivity index (χ1v) is 4.95. The van der Waals surface area contributed by atoms with Crippen molar-refractivity contribution in [2.45, 2.75) is 0 Å². The zero-order chi connectivity index (χ0) is 8.97. The van der Waals surface area contributed by atoms with Crippen molar-refractivity contribution in [1.82, 2.24) is 0 Å². The van der Waals surface area contributed by atoms with Crippen LogP contribution < -0.4 is 5.32 Å². The van der Waals surface area contributed by atoms with Crippen molar-refractivity contribution < 1.29 is 4.79 Å². The molecule has 0 heterocycles. The minimum atomic E-state index is -0.182. The minimum absolute atomic E-state index is 0.00846. The highest BCUT2D eigenvalue weighted by atomic mass is 127. The largest absolute Gasteiger partial charge is 0.325 e. The number of nitrogens with one attached hydrogen (secondary N) is 1. The Balaban J connectivity index is 2.69. The lowest BCUT2D eigenvalue weighted by molar-refractivity contribution is -0.113. The Kier molecular flexibility index (Phi) is 3.81. The molecule has 0 unspecified atom stereocenters. The Morgan fingerprint density at radius 2 is 2.33 bits per heavy atom. The van der Waals surface area contributed by atoms with Gasteiger partial charge in [-0.1, -0.05) is 6.07 Å². The van der Waals surface area contributed by atoms with Crippen molar-refractivity contribution in [2.24, 2.45) is 0 Å². The van der Waals surface area contributed by atoms with Crippen molar-refractivity contribution in [3.8, 4) is 0 Å². The molecule has 0 bridgehead atoms. The summed E-state index contributed by atoms with van der Waals surface area (Å²) in [5.41, 5.74) is 0.785. The van der Waals surface area contributed by atoms with Crippen molar-refractivity contribution in [1.29, 1.82) is 0 Å². The number of anilines is 1. The zero-order valence-electron chi connectivity index (χ0n) is 6.18. The molecule has 1 aromatic rings. The highest BCUT2D eigenvalue weighted by Crippen LogP contribution is 2.11. The van der Waals surface area contributed by atoms with Crippen LogP contribution >= 0.6 is 34.2 Å². The summed E-state index contributed by atoms with van der Waals surface area (Å²) in [6.45, 7) is 0. The van der Waals surface area contributed by atoms with Crippen LogP contribution in [0.5, 0.6) is 0 Å². The van der Waals surface area contributed by atoms with E-state index in [9.17, 15) is 4.79 Å². The van der Waals surface area contributed by atoms with Gasteiger partial charge in [0, 0.05) is 9.26 Å². The second-order valence-electron chi connectivity index (χ2n) is 2.19. The molecule has 0 radical (unpaired) electrons. The molecule has 2 nitrogen and oxygen atoms in total. The Morgan fingerprint density at radius 3 is 2.92 bits per heavy atom. The number of hydrogen-bond donors (Lipinski definition) is 1. The molecule has 1 aromatic carbocycles. The van der Waals surface area contributed by atoms with Crippen LogP contribution in [0.3, 0.4) is 0 Å². The molecule has 0 saturated carbocycles. The van der Waals surface area contributed by atoms with Gasteiger partial charge in [-0.15, -0.1) is 11.6 Å². The maximum Gasteiger partial charge on any atom is 0.239 e. The van der Waals surface area contributed by atoms with Crippen LogP contribution in [0.4, 0.5) is 5.69 Å². The Labute approximate surface area is 89.4 Å². The van der Waals surface area contributed by atoms with E-state index in [1.807, 2.05) is 24.3 Å². The SMILES string of the molecule is O=C(CCl)Nc1cccc(I)c1. The Bertz CT molecular complexity index is 290. The number of rotatable bonds is 2. The molecule has 1 amide bonds. The molecule has 0 fully saturated rings. The Morgan fingerprint density at radius 1 is 1.58 bits per heavy atom. The molecule has 0 aliphatic carbocycles. The molecule has 0 saturated heterocycles. The lowest BCUT2D eigenvalue weighted by Gasteiger charge is -2.01. The summed E-state index contributed by atoms with van der Waals surface area (Å²) in [4.78, 5) is 10.8. The van der Waals surface area contributed by atoms with Gasteiger partial charge in [0.05, 0.1) is 0 Å². The lowest BCUT2D eigenvalue weighted by Crippen LogP contribution is -2.12. The van der Waals surface area contributed by atoms with Crippen molar-refractivity contribution in [3.05, 3.63) is 27.8 Å². The fraction of sp³-hybridized carbons (Fsp3) is 0.125. The number of carbonyl (C=O) groups excluding carboxylic acids is 1. The third-order valence-electron chi connectivity index (χ3n) is 1.23. The predicted octanol–water partition coefficient (Wildman–Crippen LogP) is 2.47. The molecule has 1 rings (SSSR count). The van der Waals surface area contributed by atoms with Crippen LogP contribution in [0.2, 0.25) is 0 Å². The number of amides is 1. The van der Waals surface area contributed by atoms with Gasteiger partial charge in [0.15, 0.2) is 0 Å². The molecule has 12 heavy (non-hydrogen) atoms. The van der Waals surface area contributed by atoms with E-state index in [0.717, 1.165) is 9.26 Å². The molecule has 0 atom stereocenters. The summed E-state index contributed by atoms with van der Waals surface area (Å²) in [7, 11) is 0. The van der Waals surface area contributed by atoms with Gasteiger partial charge in [-0.3, -0.25) is 4.79 Å². The number of hydrogen-bond acceptors (Lipinski definition) is 1. The Hall–Kier alpha value is -0.290. The molecule has 0 aliphatic heterocycles. The minimum Gasteiger partial charge on any atom is -0.325 e. The van der Waals surface area contributed by atoms with E-state index >= 15 is 0 Å². The highest BCUT2D eigenvalue weighted by Gasteiger charge is 1.98. The van der Waals surface area contributed by atoms with Crippen LogP contribution in [-0.4, -0.2) is 11.8 Å². The van der Waals surface area contributed by atoms with Gasteiger partial charge in [0.2, 0.25) is 5.91 Å². The first-order chi connectivity index (χ1) is 5.72. The van der Waals surface area contributed by atoms with Gasteiger partial charge < -0.3 is 5.32 Å². The average molecular weight is 296 g/mol. The monoisotopic (exact) mass is 295 g/mol. The molecule has 0 spiro atoms. The van der Waals surface area contributed by atoms with Crippen LogP contribution in [0.1, 0.15) is 0 Å². The van der Waals surface area contributed by atoms with E-state index in [-0.39, 0.29) is 11.8 Å². The molecular weight excluding hydrogens is 288 g/mol. The summed E-state index contributed by atoms with van der Waals surface area (Å²) in [6, 6.07) is 7.54. The molecule has 64 valence electrons. The maximum atomic E-state index is 10.8. The normalized spacial score (nSPS) is 9.50. The summed E-state index contributed by atoms with van der Waals surface area (Å²) < 4.78 is 1.08. The number of benzene rings is 1. The quantitative estimate of drug-likeness (QED) is 0.659. The molecule has 0 aromatic heterocycles. The molecular formula is C8H7ClINO. The third kappa shape index (κ3) is 2.98. The zero-order valence-corrected chi connectivity index (χ0v) is 9.09. The van der Waals surface area contributed by atoms with Gasteiger partial charge in [-0.05, 0) is 40.8 Å². The fourth-order valence-electron chi connectivity index (χ4n) is 0.761. The topological polar surface area (TPSA) is 29.1 Å². The van der Waals surface area contributed by atoms with Gasteiger partial charge in [-0.2, -0.15) is 0 Å². The highest BCUT2D eigenvalue weighted by molar-refractivity contribution is 14.1. The van der Waals surface area contributed by atoms with Crippen LogP contribution in [0.15, 0.2) is 24.3 Å². The van der Waals surface area contributed by atoms with E-state index in [1.54, 1.807) is 0 Å². The van der Waals surface area contributed by atoms with Crippen LogP contribution in [-0.2, 0) is 4.79 Å². The smallest absolute Gasteiger partial charge is 0.239 e. The molecule has 0 aliphatic rings. The third-order valence-corrected chi connectivity index (χ3v) is 2.14. The number of alkyl halides is 1. The first-order valence-electron chi connectivity index (χ1n) is 3.34. The van der Waals surface area contributed by atoms with E-state index in [2.05, 4.69) is 27.9 Å². The van der Waals surface area contributed by atoms with Crippen LogP contribution in [0.25, 0.3) is 0 Å². The lowest BCUT2D eigenvalue weighted by atomic mass is 10.3. The first kappa shape index (κ1) is 9.80. The van der Waals surface area contributed by atoms with Crippen molar-refractivity contribution in [3.63, 3.8) is 0 Å². The second kappa shape index (κ2) is 4.67. The van der Waals surface area contributed by atoms with Gasteiger partial charge >= 0.3 is 0 Å². The van der Waals surface area contributed by atoms with Crippen LogP contribution in [0, 0.1) is 3.57 Å².